The predicted molar refractivity (Wildman–Crippen MR) is 70.8 cm³/mol. The summed E-state index contributed by atoms with van der Waals surface area (Å²) in [6.45, 7) is 4.08. The van der Waals surface area contributed by atoms with Crippen LogP contribution in [0.4, 0.5) is 0 Å². The number of nitrogens with zero attached hydrogens (tertiary/aromatic N) is 1. The van der Waals surface area contributed by atoms with Gasteiger partial charge in [-0.05, 0) is 57.6 Å². The summed E-state index contributed by atoms with van der Waals surface area (Å²) in [6.07, 6.45) is 2.25. The summed E-state index contributed by atoms with van der Waals surface area (Å²) in [5.41, 5.74) is 6.79. The smallest absolute Gasteiger partial charge is 0.0406 e. The third kappa shape index (κ3) is 4.12. The van der Waals surface area contributed by atoms with Gasteiger partial charge in [0.1, 0.15) is 0 Å². The molecule has 0 saturated heterocycles. The van der Waals surface area contributed by atoms with Crippen LogP contribution in [0.5, 0.6) is 0 Å². The van der Waals surface area contributed by atoms with E-state index in [-0.39, 0.29) is 0 Å². The van der Waals surface area contributed by atoms with Crippen molar-refractivity contribution in [2.45, 2.75) is 25.8 Å². The zero-order chi connectivity index (χ0) is 12.0. The summed E-state index contributed by atoms with van der Waals surface area (Å²) < 4.78 is 0. The fourth-order valence-corrected chi connectivity index (χ4v) is 1.82. The van der Waals surface area contributed by atoms with Gasteiger partial charge in [0, 0.05) is 11.1 Å². The van der Waals surface area contributed by atoms with Crippen molar-refractivity contribution >= 4 is 11.6 Å². The summed E-state index contributed by atoms with van der Waals surface area (Å²) in [6, 6.07) is 8.50. The Kier molecular flexibility index (Phi) is 5.81. The highest BCUT2D eigenvalue weighted by atomic mass is 35.5. The summed E-state index contributed by atoms with van der Waals surface area (Å²) in [4.78, 5) is 2.35. The van der Waals surface area contributed by atoms with Gasteiger partial charge in [0.2, 0.25) is 0 Å². The van der Waals surface area contributed by atoms with Crippen LogP contribution in [0.3, 0.4) is 0 Å². The number of hydrogen-bond acceptors (Lipinski definition) is 2. The Hall–Kier alpha value is -0.570. The molecule has 0 amide bonds. The van der Waals surface area contributed by atoms with Crippen LogP contribution in [-0.4, -0.2) is 25.0 Å². The average molecular weight is 241 g/mol. The fraction of sp³-hybridized carbons (Fsp3) is 0.538. The SMILES string of the molecule is CC(c1ccc(Cl)cc1)N(C)CCCCN. The van der Waals surface area contributed by atoms with Crippen molar-refractivity contribution in [1.29, 1.82) is 0 Å². The quantitative estimate of drug-likeness (QED) is 0.775. The van der Waals surface area contributed by atoms with Gasteiger partial charge >= 0.3 is 0 Å². The Balaban J connectivity index is 2.49. The summed E-state index contributed by atoms with van der Waals surface area (Å²) >= 11 is 5.87. The lowest BCUT2D eigenvalue weighted by molar-refractivity contribution is 0.257. The van der Waals surface area contributed by atoms with E-state index >= 15 is 0 Å². The van der Waals surface area contributed by atoms with E-state index in [2.05, 4.69) is 31.0 Å². The Morgan fingerprint density at radius 2 is 1.88 bits per heavy atom. The zero-order valence-corrected chi connectivity index (χ0v) is 10.9. The second-order valence-corrected chi connectivity index (χ2v) is 4.64. The van der Waals surface area contributed by atoms with Crippen LogP contribution in [0.15, 0.2) is 24.3 Å². The fourth-order valence-electron chi connectivity index (χ4n) is 1.69. The summed E-state index contributed by atoms with van der Waals surface area (Å²) in [7, 11) is 2.15. The highest BCUT2D eigenvalue weighted by molar-refractivity contribution is 6.30. The summed E-state index contributed by atoms with van der Waals surface area (Å²) in [5, 5.41) is 0.793. The van der Waals surface area contributed by atoms with E-state index in [4.69, 9.17) is 17.3 Å². The van der Waals surface area contributed by atoms with Crippen molar-refractivity contribution in [3.05, 3.63) is 34.9 Å². The molecule has 3 heteroatoms. The third-order valence-electron chi connectivity index (χ3n) is 2.98. The van der Waals surface area contributed by atoms with Crippen LogP contribution in [0.25, 0.3) is 0 Å². The Morgan fingerprint density at radius 1 is 1.25 bits per heavy atom. The topological polar surface area (TPSA) is 29.3 Å². The number of unbranched alkanes of at least 4 members (excludes halogenated alkanes) is 1. The minimum atomic E-state index is 0.426. The molecule has 1 aromatic carbocycles. The van der Waals surface area contributed by atoms with Gasteiger partial charge in [0.05, 0.1) is 0 Å². The first-order valence-electron chi connectivity index (χ1n) is 5.81. The van der Waals surface area contributed by atoms with Gasteiger partial charge in [-0.25, -0.2) is 0 Å². The normalized spacial score (nSPS) is 13.1. The molecule has 0 aliphatic rings. The maximum absolute atomic E-state index is 5.87. The van der Waals surface area contributed by atoms with Crippen molar-refractivity contribution in [1.82, 2.24) is 4.90 Å². The molecule has 0 spiro atoms. The van der Waals surface area contributed by atoms with Gasteiger partial charge in [-0.2, -0.15) is 0 Å². The maximum atomic E-state index is 5.87. The lowest BCUT2D eigenvalue weighted by Gasteiger charge is -2.25. The van der Waals surface area contributed by atoms with Gasteiger partial charge in [-0.15, -0.1) is 0 Å². The Morgan fingerprint density at radius 3 is 2.44 bits per heavy atom. The molecule has 0 radical (unpaired) electrons. The molecule has 0 fully saturated rings. The minimum Gasteiger partial charge on any atom is -0.330 e. The van der Waals surface area contributed by atoms with E-state index in [1.807, 2.05) is 12.1 Å². The Bertz CT molecular complexity index is 297. The largest absolute Gasteiger partial charge is 0.330 e. The molecule has 0 saturated carbocycles. The van der Waals surface area contributed by atoms with Crippen LogP contribution >= 0.6 is 11.6 Å². The lowest BCUT2D eigenvalue weighted by atomic mass is 10.1. The first-order valence-corrected chi connectivity index (χ1v) is 6.18. The maximum Gasteiger partial charge on any atom is 0.0406 e. The van der Waals surface area contributed by atoms with Gasteiger partial charge in [-0.3, -0.25) is 4.90 Å². The van der Waals surface area contributed by atoms with Gasteiger partial charge in [0.15, 0.2) is 0 Å². The monoisotopic (exact) mass is 240 g/mol. The number of nitrogens with two attached hydrogens (primary N) is 1. The second-order valence-electron chi connectivity index (χ2n) is 4.20. The number of rotatable bonds is 6. The lowest BCUT2D eigenvalue weighted by Crippen LogP contribution is -2.24. The summed E-state index contributed by atoms with van der Waals surface area (Å²) in [5.74, 6) is 0. The van der Waals surface area contributed by atoms with E-state index in [9.17, 15) is 0 Å². The molecule has 1 aromatic rings. The van der Waals surface area contributed by atoms with Crippen LogP contribution in [-0.2, 0) is 0 Å². The zero-order valence-electron chi connectivity index (χ0n) is 10.1. The highest BCUT2D eigenvalue weighted by Crippen LogP contribution is 2.20. The van der Waals surface area contributed by atoms with E-state index in [1.54, 1.807) is 0 Å². The second kappa shape index (κ2) is 6.89. The molecule has 0 aromatic heterocycles. The van der Waals surface area contributed by atoms with E-state index in [0.29, 0.717) is 6.04 Å². The van der Waals surface area contributed by atoms with Gasteiger partial charge in [-0.1, -0.05) is 23.7 Å². The Labute approximate surface area is 103 Å². The number of hydrogen-bond donors (Lipinski definition) is 1. The highest BCUT2D eigenvalue weighted by Gasteiger charge is 2.10. The first-order chi connectivity index (χ1) is 7.65. The molecule has 1 rings (SSSR count). The van der Waals surface area contributed by atoms with Crippen LogP contribution in [0.2, 0.25) is 5.02 Å². The van der Waals surface area contributed by atoms with Crippen LogP contribution in [0, 0.1) is 0 Å². The average Bonchev–Trinajstić information content (AvgIpc) is 2.29. The molecule has 0 aliphatic carbocycles. The van der Waals surface area contributed by atoms with E-state index < -0.39 is 0 Å². The van der Waals surface area contributed by atoms with E-state index in [0.717, 1.165) is 31.0 Å². The molecule has 16 heavy (non-hydrogen) atoms. The molecule has 2 nitrogen and oxygen atoms in total. The van der Waals surface area contributed by atoms with Crippen LogP contribution in [0.1, 0.15) is 31.4 Å². The standard InChI is InChI=1S/C13H21ClN2/c1-11(16(2)10-4-3-9-15)12-5-7-13(14)8-6-12/h5-8,11H,3-4,9-10,15H2,1-2H3. The molecule has 0 heterocycles. The van der Waals surface area contributed by atoms with Gasteiger partial charge in [0.25, 0.3) is 0 Å². The molecule has 1 atom stereocenters. The van der Waals surface area contributed by atoms with Crippen molar-refractivity contribution in [2.75, 3.05) is 20.1 Å². The predicted octanol–water partition coefficient (Wildman–Crippen LogP) is 3.07. The molecule has 1 unspecified atom stereocenters. The van der Waals surface area contributed by atoms with Crippen molar-refractivity contribution < 1.29 is 0 Å². The molecule has 0 aliphatic heterocycles. The third-order valence-corrected chi connectivity index (χ3v) is 3.23. The first kappa shape index (κ1) is 13.5. The molecule has 2 N–H and O–H groups in total. The van der Waals surface area contributed by atoms with Gasteiger partial charge < -0.3 is 5.73 Å². The van der Waals surface area contributed by atoms with Crippen molar-refractivity contribution in [3.8, 4) is 0 Å². The number of halogens is 1. The molecule has 0 bridgehead atoms. The minimum absolute atomic E-state index is 0.426. The van der Waals surface area contributed by atoms with Crippen molar-refractivity contribution in [2.24, 2.45) is 5.73 Å². The molecular formula is C13H21ClN2. The number of benzene rings is 1. The molecule has 90 valence electrons. The van der Waals surface area contributed by atoms with E-state index in [1.165, 1.54) is 5.56 Å². The molecular weight excluding hydrogens is 220 g/mol. The van der Waals surface area contributed by atoms with Crippen molar-refractivity contribution in [3.63, 3.8) is 0 Å². The van der Waals surface area contributed by atoms with Crippen LogP contribution < -0.4 is 5.73 Å².